The van der Waals surface area contributed by atoms with E-state index in [-0.39, 0.29) is 41.4 Å². The molecular formula is C15H21Cl2N7O6S2. The summed E-state index contributed by atoms with van der Waals surface area (Å²) in [5.41, 5.74) is 7.24. The van der Waals surface area contributed by atoms with Gasteiger partial charge in [-0.15, -0.1) is 47.9 Å². The van der Waals surface area contributed by atoms with Crippen LogP contribution >= 0.6 is 47.9 Å². The molecule has 7 N–H and O–H groups in total. The maximum absolute atomic E-state index is 12.8. The maximum Gasteiger partial charge on any atom is 0.327 e. The standard InChI is InChI=1S/C15H19N7O6S2.2ClH/c1-15(2)9(13(26)27)22-11(25)8(12(22)30-15)19-10(24)7(5-4-29-14(16)18-5)21-28-3-6(23)20-17;;/h4,8-9,12H,3,17H2,1-2H3,(H2,16,18)(H,19,24)(H,20,23)(H,26,27);2*1H/t8-,9+,12-;;/m1../s1. The van der Waals surface area contributed by atoms with E-state index in [1.807, 2.05) is 5.43 Å². The minimum atomic E-state index is -1.11. The summed E-state index contributed by atoms with van der Waals surface area (Å²) in [6, 6.07) is -1.95. The molecule has 0 aromatic carbocycles. The first-order chi connectivity index (χ1) is 14.1. The number of nitrogen functional groups attached to an aromatic ring is 1. The van der Waals surface area contributed by atoms with Gasteiger partial charge in [-0.2, -0.15) is 0 Å². The van der Waals surface area contributed by atoms with E-state index in [0.29, 0.717) is 0 Å². The van der Waals surface area contributed by atoms with Gasteiger partial charge in [-0.1, -0.05) is 5.16 Å². The molecule has 32 heavy (non-hydrogen) atoms. The summed E-state index contributed by atoms with van der Waals surface area (Å²) in [5.74, 6) is 1.86. The fraction of sp³-hybridized carbons (Fsp3) is 0.467. The van der Waals surface area contributed by atoms with Gasteiger partial charge in [-0.3, -0.25) is 19.8 Å². The minimum absolute atomic E-state index is 0. The van der Waals surface area contributed by atoms with Gasteiger partial charge in [0.25, 0.3) is 11.8 Å². The van der Waals surface area contributed by atoms with Crippen molar-refractivity contribution in [2.75, 3.05) is 12.3 Å². The van der Waals surface area contributed by atoms with Gasteiger partial charge >= 0.3 is 5.97 Å². The number of carbonyl (C=O) groups excluding carboxylic acids is 3. The molecule has 3 atom stereocenters. The summed E-state index contributed by atoms with van der Waals surface area (Å²) in [6.07, 6.45) is 0. The molecule has 0 unspecified atom stereocenters. The second kappa shape index (κ2) is 10.5. The number of carboxylic acids is 1. The normalized spacial score (nSPS) is 23.1. The topological polar surface area (TPSA) is 202 Å². The van der Waals surface area contributed by atoms with Crippen molar-refractivity contribution in [1.29, 1.82) is 0 Å². The molecule has 2 fully saturated rings. The maximum atomic E-state index is 12.8. The van der Waals surface area contributed by atoms with Crippen LogP contribution in [0.25, 0.3) is 0 Å². The van der Waals surface area contributed by atoms with Crippen molar-refractivity contribution in [3.63, 3.8) is 0 Å². The SMILES string of the molecule is CC1(C)S[C@@H]2[C@H](NC(=O)C(=NOCC(=O)NN)c3csc(N)n3)C(=O)N2[C@H]1C(=O)O.Cl.Cl. The first-order valence-electron chi connectivity index (χ1n) is 8.51. The number of aromatic nitrogens is 1. The highest BCUT2D eigenvalue weighted by Gasteiger charge is 2.64. The van der Waals surface area contributed by atoms with Crippen molar-refractivity contribution < 1.29 is 29.1 Å². The van der Waals surface area contributed by atoms with Crippen LogP contribution < -0.4 is 22.3 Å². The Labute approximate surface area is 202 Å². The molecule has 17 heteroatoms. The Morgan fingerprint density at radius 2 is 2.03 bits per heavy atom. The van der Waals surface area contributed by atoms with E-state index in [1.165, 1.54) is 22.0 Å². The lowest BCUT2D eigenvalue weighted by atomic mass is 9.96. The molecule has 0 bridgehead atoms. The molecular weight excluding hydrogens is 509 g/mol. The number of aliphatic carboxylic acids is 1. The molecule has 3 heterocycles. The van der Waals surface area contributed by atoms with Gasteiger partial charge in [-0.25, -0.2) is 15.6 Å². The van der Waals surface area contributed by atoms with Crippen LogP contribution in [0.3, 0.4) is 0 Å². The summed E-state index contributed by atoms with van der Waals surface area (Å²) in [5, 5.41) is 16.7. The molecule has 2 saturated heterocycles. The Balaban J connectivity index is 0.00000256. The van der Waals surface area contributed by atoms with E-state index in [4.69, 9.17) is 16.4 Å². The second-order valence-electron chi connectivity index (χ2n) is 6.90. The van der Waals surface area contributed by atoms with Gasteiger partial charge in [0.15, 0.2) is 17.5 Å². The molecule has 1 aromatic heterocycles. The predicted octanol–water partition coefficient (Wildman–Crippen LogP) is -1.09. The number of hydrazine groups is 1. The summed E-state index contributed by atoms with van der Waals surface area (Å²) in [6.45, 7) is 2.90. The number of nitrogens with zero attached hydrogens (tertiary/aromatic N) is 3. The summed E-state index contributed by atoms with van der Waals surface area (Å²) < 4.78 is -0.732. The van der Waals surface area contributed by atoms with Gasteiger partial charge < -0.3 is 25.9 Å². The largest absolute Gasteiger partial charge is 0.480 e. The van der Waals surface area contributed by atoms with Crippen molar-refractivity contribution in [3.05, 3.63) is 11.1 Å². The lowest BCUT2D eigenvalue weighted by Crippen LogP contribution is -2.71. The zero-order valence-electron chi connectivity index (χ0n) is 16.6. The summed E-state index contributed by atoms with van der Waals surface area (Å²) in [4.78, 5) is 58.2. The van der Waals surface area contributed by atoms with Crippen LogP contribution in [0.2, 0.25) is 0 Å². The Hall–Kier alpha value is -2.33. The zero-order chi connectivity index (χ0) is 22.2. The van der Waals surface area contributed by atoms with E-state index < -0.39 is 52.5 Å². The Morgan fingerprint density at radius 3 is 2.56 bits per heavy atom. The van der Waals surface area contributed by atoms with Gasteiger partial charge in [0.2, 0.25) is 5.91 Å². The van der Waals surface area contributed by atoms with Crippen LogP contribution in [0.1, 0.15) is 19.5 Å². The van der Waals surface area contributed by atoms with Gasteiger partial charge in [0, 0.05) is 10.1 Å². The van der Waals surface area contributed by atoms with Crippen LogP contribution in [-0.4, -0.2) is 73.2 Å². The van der Waals surface area contributed by atoms with Crippen LogP contribution in [0.5, 0.6) is 0 Å². The van der Waals surface area contributed by atoms with E-state index in [9.17, 15) is 24.3 Å². The van der Waals surface area contributed by atoms with Crippen LogP contribution in [0, 0.1) is 0 Å². The molecule has 0 spiro atoms. The lowest BCUT2D eigenvalue weighted by Gasteiger charge is -2.43. The van der Waals surface area contributed by atoms with Crippen molar-refractivity contribution in [2.24, 2.45) is 11.0 Å². The highest BCUT2D eigenvalue weighted by atomic mass is 35.5. The van der Waals surface area contributed by atoms with Crippen LogP contribution in [-0.2, 0) is 24.0 Å². The van der Waals surface area contributed by atoms with Gasteiger partial charge in [0.05, 0.1) is 0 Å². The average molecular weight is 530 g/mol. The number of hydrogen-bond donors (Lipinski definition) is 5. The van der Waals surface area contributed by atoms with Crippen LogP contribution in [0.15, 0.2) is 10.5 Å². The number of oxime groups is 1. The number of β-lactam (4-membered cyclic amide) rings is 1. The zero-order valence-corrected chi connectivity index (χ0v) is 19.9. The number of nitrogens with two attached hydrogens (primary N) is 2. The van der Waals surface area contributed by atoms with Gasteiger partial charge in [-0.05, 0) is 13.8 Å². The van der Waals surface area contributed by atoms with E-state index >= 15 is 0 Å². The molecule has 0 radical (unpaired) electrons. The highest BCUT2D eigenvalue weighted by Crippen LogP contribution is 2.50. The molecule has 0 saturated carbocycles. The average Bonchev–Trinajstić information content (AvgIpc) is 3.21. The van der Waals surface area contributed by atoms with E-state index in [0.717, 1.165) is 11.3 Å². The lowest BCUT2D eigenvalue weighted by molar-refractivity contribution is -0.160. The third-order valence-electron chi connectivity index (χ3n) is 4.45. The summed E-state index contributed by atoms with van der Waals surface area (Å²) >= 11 is 2.34. The number of rotatable bonds is 7. The number of hydrogen-bond acceptors (Lipinski definition) is 11. The first-order valence-corrected chi connectivity index (χ1v) is 10.3. The third kappa shape index (κ3) is 5.17. The second-order valence-corrected chi connectivity index (χ2v) is 9.56. The number of fused-ring (bicyclic) bond motifs is 1. The fourth-order valence-electron chi connectivity index (χ4n) is 3.15. The van der Waals surface area contributed by atoms with E-state index in [2.05, 4.69) is 15.5 Å². The molecule has 3 amide bonds. The summed E-state index contributed by atoms with van der Waals surface area (Å²) in [7, 11) is 0. The predicted molar refractivity (Wildman–Crippen MR) is 122 cm³/mol. The van der Waals surface area contributed by atoms with Gasteiger partial charge in [0.1, 0.15) is 23.2 Å². The molecule has 0 aliphatic carbocycles. The molecule has 178 valence electrons. The molecule has 2 aliphatic heterocycles. The first kappa shape index (κ1) is 27.7. The number of halogens is 2. The molecule has 1 aromatic rings. The van der Waals surface area contributed by atoms with Crippen molar-refractivity contribution in [2.45, 2.75) is 36.1 Å². The monoisotopic (exact) mass is 529 g/mol. The number of carbonyl (C=O) groups is 4. The number of anilines is 1. The fourth-order valence-corrected chi connectivity index (χ4v) is 5.33. The Kier molecular flexibility index (Phi) is 9.11. The quantitative estimate of drug-likeness (QED) is 0.0948. The minimum Gasteiger partial charge on any atom is -0.480 e. The number of nitrogens with one attached hydrogen (secondary N) is 2. The Morgan fingerprint density at radius 1 is 1.38 bits per heavy atom. The third-order valence-corrected chi connectivity index (χ3v) is 6.70. The van der Waals surface area contributed by atoms with Crippen LogP contribution in [0.4, 0.5) is 5.13 Å². The number of carboxylic acid groups (broad SMARTS) is 1. The Bertz CT molecular complexity index is 943. The van der Waals surface area contributed by atoms with Crippen molar-refractivity contribution >= 4 is 82.4 Å². The molecule has 13 nitrogen and oxygen atoms in total. The highest BCUT2D eigenvalue weighted by molar-refractivity contribution is 8.01. The number of thioether (sulfide) groups is 1. The van der Waals surface area contributed by atoms with Crippen molar-refractivity contribution in [1.82, 2.24) is 20.6 Å². The van der Waals surface area contributed by atoms with E-state index in [1.54, 1.807) is 13.8 Å². The molecule has 2 aliphatic rings. The molecule has 3 rings (SSSR count). The smallest absolute Gasteiger partial charge is 0.327 e. The number of amides is 3. The van der Waals surface area contributed by atoms with Crippen molar-refractivity contribution in [3.8, 4) is 0 Å². The number of thiazole rings is 1.